The Balaban J connectivity index is 1.97. The van der Waals surface area contributed by atoms with Crippen LogP contribution in [0.15, 0.2) is 18.2 Å². The van der Waals surface area contributed by atoms with E-state index >= 15 is 0 Å². The molecule has 0 bridgehead atoms. The molecule has 4 nitrogen and oxygen atoms in total. The van der Waals surface area contributed by atoms with Crippen molar-refractivity contribution in [1.82, 2.24) is 4.90 Å². The molecule has 0 saturated carbocycles. The van der Waals surface area contributed by atoms with Gasteiger partial charge in [0.15, 0.2) is 0 Å². The van der Waals surface area contributed by atoms with E-state index in [-0.39, 0.29) is 0 Å². The van der Waals surface area contributed by atoms with Crippen LogP contribution < -0.4 is 11.5 Å². The summed E-state index contributed by atoms with van der Waals surface area (Å²) in [5.41, 5.74) is 14.6. The third-order valence-electron chi connectivity index (χ3n) is 3.40. The molecule has 17 heavy (non-hydrogen) atoms. The molecule has 1 saturated heterocycles. The Morgan fingerprint density at radius 3 is 2.71 bits per heavy atom. The number of rotatable bonds is 3. The summed E-state index contributed by atoms with van der Waals surface area (Å²) >= 11 is 0. The van der Waals surface area contributed by atoms with Gasteiger partial charge in [-0.05, 0) is 31.0 Å². The van der Waals surface area contributed by atoms with Crippen LogP contribution in [0, 0.1) is 0 Å². The van der Waals surface area contributed by atoms with Gasteiger partial charge in [-0.1, -0.05) is 6.07 Å². The highest BCUT2D eigenvalue weighted by molar-refractivity contribution is 5.61. The fourth-order valence-corrected chi connectivity index (χ4v) is 2.26. The Morgan fingerprint density at radius 1 is 1.35 bits per heavy atom. The number of hydrogen-bond acceptors (Lipinski definition) is 4. The lowest BCUT2D eigenvalue weighted by Crippen LogP contribution is -2.44. The summed E-state index contributed by atoms with van der Waals surface area (Å²) < 4.78 is 5.42. The van der Waals surface area contributed by atoms with E-state index in [1.807, 2.05) is 18.2 Å². The number of nitrogens with two attached hydrogens (primary N) is 2. The standard InChI is InChI=1S/C13H21N3O/c1-10-9-17-8-7-16(10)6-5-11-12(14)3-2-4-13(11)15/h2-4,10H,5-9,14-15H2,1H3. The predicted octanol–water partition coefficient (Wildman–Crippen LogP) is 1.11. The largest absolute Gasteiger partial charge is 0.398 e. The van der Waals surface area contributed by atoms with Crippen molar-refractivity contribution in [3.8, 4) is 0 Å². The van der Waals surface area contributed by atoms with Gasteiger partial charge >= 0.3 is 0 Å². The van der Waals surface area contributed by atoms with Gasteiger partial charge in [0.05, 0.1) is 13.2 Å². The average Bonchev–Trinajstić information content (AvgIpc) is 2.30. The van der Waals surface area contributed by atoms with Crippen molar-refractivity contribution in [2.24, 2.45) is 0 Å². The molecule has 1 heterocycles. The number of morpholine rings is 1. The number of ether oxygens (including phenoxy) is 1. The molecule has 1 aromatic rings. The van der Waals surface area contributed by atoms with E-state index in [0.717, 1.165) is 49.7 Å². The summed E-state index contributed by atoms with van der Waals surface area (Å²) in [6.45, 7) is 5.82. The number of nitrogen functional groups attached to an aromatic ring is 2. The molecule has 1 aliphatic heterocycles. The number of benzene rings is 1. The molecular weight excluding hydrogens is 214 g/mol. The van der Waals surface area contributed by atoms with Crippen LogP contribution in [0.3, 0.4) is 0 Å². The molecule has 2 rings (SSSR count). The molecule has 94 valence electrons. The summed E-state index contributed by atoms with van der Waals surface area (Å²) in [5, 5.41) is 0. The highest BCUT2D eigenvalue weighted by Gasteiger charge is 2.18. The molecule has 4 heteroatoms. The lowest BCUT2D eigenvalue weighted by Gasteiger charge is -2.33. The smallest absolute Gasteiger partial charge is 0.0619 e. The third kappa shape index (κ3) is 2.90. The van der Waals surface area contributed by atoms with E-state index < -0.39 is 0 Å². The minimum absolute atomic E-state index is 0.481. The summed E-state index contributed by atoms with van der Waals surface area (Å²) in [4.78, 5) is 2.43. The SMILES string of the molecule is CC1COCCN1CCc1c(N)cccc1N. The summed E-state index contributed by atoms with van der Waals surface area (Å²) in [6.07, 6.45) is 0.906. The first-order valence-electron chi connectivity index (χ1n) is 6.13. The highest BCUT2D eigenvalue weighted by atomic mass is 16.5. The van der Waals surface area contributed by atoms with Gasteiger partial charge in [-0.3, -0.25) is 4.90 Å². The Bertz CT molecular complexity index is 361. The Labute approximate surface area is 103 Å². The molecule has 1 atom stereocenters. The minimum atomic E-state index is 0.481. The molecule has 1 unspecified atom stereocenters. The summed E-state index contributed by atoms with van der Waals surface area (Å²) in [5.74, 6) is 0. The van der Waals surface area contributed by atoms with Crippen molar-refractivity contribution in [1.29, 1.82) is 0 Å². The van der Waals surface area contributed by atoms with Crippen LogP contribution in [-0.2, 0) is 11.2 Å². The minimum Gasteiger partial charge on any atom is -0.398 e. The quantitative estimate of drug-likeness (QED) is 0.770. The topological polar surface area (TPSA) is 64.5 Å². The van der Waals surface area contributed by atoms with Gasteiger partial charge in [0.2, 0.25) is 0 Å². The van der Waals surface area contributed by atoms with Crippen LogP contribution in [0.2, 0.25) is 0 Å². The average molecular weight is 235 g/mol. The normalized spacial score (nSPS) is 21.6. The van der Waals surface area contributed by atoms with Gasteiger partial charge in [-0.2, -0.15) is 0 Å². The number of hydrogen-bond donors (Lipinski definition) is 2. The zero-order chi connectivity index (χ0) is 12.3. The second-order valence-electron chi connectivity index (χ2n) is 4.62. The van der Waals surface area contributed by atoms with E-state index in [2.05, 4.69) is 11.8 Å². The molecule has 0 aromatic heterocycles. The number of anilines is 2. The Morgan fingerprint density at radius 2 is 2.06 bits per heavy atom. The zero-order valence-corrected chi connectivity index (χ0v) is 10.4. The lowest BCUT2D eigenvalue weighted by atomic mass is 10.1. The Hall–Kier alpha value is -1.26. The van der Waals surface area contributed by atoms with Crippen LogP contribution in [0.4, 0.5) is 11.4 Å². The molecule has 4 N–H and O–H groups in total. The second-order valence-corrected chi connectivity index (χ2v) is 4.62. The van der Waals surface area contributed by atoms with Gasteiger partial charge in [-0.25, -0.2) is 0 Å². The molecule has 1 aliphatic rings. The fraction of sp³-hybridized carbons (Fsp3) is 0.538. The van der Waals surface area contributed by atoms with Crippen LogP contribution >= 0.6 is 0 Å². The van der Waals surface area contributed by atoms with Crippen LogP contribution in [-0.4, -0.2) is 37.2 Å². The monoisotopic (exact) mass is 235 g/mol. The van der Waals surface area contributed by atoms with Crippen LogP contribution in [0.5, 0.6) is 0 Å². The second kappa shape index (κ2) is 5.38. The number of nitrogens with zero attached hydrogens (tertiary/aromatic N) is 1. The molecule has 0 aliphatic carbocycles. The molecule has 1 fully saturated rings. The lowest BCUT2D eigenvalue weighted by molar-refractivity contribution is 0.000398. The Kier molecular flexibility index (Phi) is 3.86. The van der Waals surface area contributed by atoms with Gasteiger partial charge in [0.1, 0.15) is 0 Å². The molecule has 0 amide bonds. The van der Waals surface area contributed by atoms with Gasteiger partial charge in [0.25, 0.3) is 0 Å². The fourth-order valence-electron chi connectivity index (χ4n) is 2.26. The van der Waals surface area contributed by atoms with Crippen LogP contribution in [0.25, 0.3) is 0 Å². The van der Waals surface area contributed by atoms with E-state index in [4.69, 9.17) is 16.2 Å². The van der Waals surface area contributed by atoms with E-state index in [0.29, 0.717) is 6.04 Å². The van der Waals surface area contributed by atoms with Crippen LogP contribution in [0.1, 0.15) is 12.5 Å². The molecule has 0 radical (unpaired) electrons. The summed E-state index contributed by atoms with van der Waals surface area (Å²) in [7, 11) is 0. The van der Waals surface area contributed by atoms with Crippen molar-refractivity contribution in [3.05, 3.63) is 23.8 Å². The molecular formula is C13H21N3O. The van der Waals surface area contributed by atoms with Crippen molar-refractivity contribution in [2.75, 3.05) is 37.8 Å². The van der Waals surface area contributed by atoms with E-state index in [1.54, 1.807) is 0 Å². The summed E-state index contributed by atoms with van der Waals surface area (Å²) in [6, 6.07) is 6.20. The van der Waals surface area contributed by atoms with Crippen molar-refractivity contribution < 1.29 is 4.74 Å². The van der Waals surface area contributed by atoms with Crippen molar-refractivity contribution in [3.63, 3.8) is 0 Å². The van der Waals surface area contributed by atoms with Gasteiger partial charge in [0, 0.05) is 30.5 Å². The van der Waals surface area contributed by atoms with E-state index in [9.17, 15) is 0 Å². The third-order valence-corrected chi connectivity index (χ3v) is 3.40. The van der Waals surface area contributed by atoms with E-state index in [1.165, 1.54) is 0 Å². The molecule has 0 spiro atoms. The first-order chi connectivity index (χ1) is 8.18. The van der Waals surface area contributed by atoms with Crippen molar-refractivity contribution in [2.45, 2.75) is 19.4 Å². The first kappa shape index (κ1) is 12.2. The van der Waals surface area contributed by atoms with Gasteiger partial charge in [-0.15, -0.1) is 0 Å². The van der Waals surface area contributed by atoms with Crippen molar-refractivity contribution >= 4 is 11.4 Å². The maximum atomic E-state index is 5.95. The maximum Gasteiger partial charge on any atom is 0.0619 e. The zero-order valence-electron chi connectivity index (χ0n) is 10.4. The maximum absolute atomic E-state index is 5.95. The van der Waals surface area contributed by atoms with Gasteiger partial charge < -0.3 is 16.2 Å². The first-order valence-corrected chi connectivity index (χ1v) is 6.13. The highest BCUT2D eigenvalue weighted by Crippen LogP contribution is 2.20. The molecule has 1 aromatic carbocycles. The predicted molar refractivity (Wildman–Crippen MR) is 70.8 cm³/mol.